The number of hydrogen-bond donors (Lipinski definition) is 0. The van der Waals surface area contributed by atoms with Crippen LogP contribution in [0.4, 0.5) is 0 Å². The molecule has 0 aromatic heterocycles. The van der Waals surface area contributed by atoms with Gasteiger partial charge in [0.1, 0.15) is 0 Å². The van der Waals surface area contributed by atoms with E-state index in [1.807, 2.05) is 6.07 Å². The third-order valence-corrected chi connectivity index (χ3v) is 3.80. The average molecular weight is 226 g/mol. The molecule has 0 heterocycles. The third-order valence-electron chi connectivity index (χ3n) is 1.31. The van der Waals surface area contributed by atoms with Crippen LogP contribution in [-0.2, 0) is 16.3 Å². The summed E-state index contributed by atoms with van der Waals surface area (Å²) in [6.45, 7) is -2.94. The molecule has 12 heavy (non-hydrogen) atoms. The van der Waals surface area contributed by atoms with Crippen molar-refractivity contribution in [3.63, 3.8) is 0 Å². The van der Waals surface area contributed by atoms with Crippen molar-refractivity contribution < 1.29 is 60.8 Å². The molecule has 1 atom stereocenters. The van der Waals surface area contributed by atoms with Gasteiger partial charge in [-0.1, -0.05) is 42.1 Å². The van der Waals surface area contributed by atoms with Crippen LogP contribution in [0.5, 0.6) is 0 Å². The molecule has 0 saturated carbocycles. The van der Waals surface area contributed by atoms with Crippen LogP contribution in [0.1, 0.15) is 0 Å². The molecular formula is C7H8KO2PS. The fraction of sp³-hybridized carbons (Fsp3) is 0.143. The molecule has 0 aliphatic carbocycles. The van der Waals surface area contributed by atoms with E-state index in [0.717, 1.165) is 0 Å². The number of rotatable bonds is 2. The zero-order valence-electron chi connectivity index (χ0n) is 7.06. The zero-order valence-corrected chi connectivity index (χ0v) is 11.9. The van der Waals surface area contributed by atoms with Crippen molar-refractivity contribution in [1.29, 1.82) is 0 Å². The molecule has 0 spiro atoms. The summed E-state index contributed by atoms with van der Waals surface area (Å²) in [6.07, 6.45) is 0. The van der Waals surface area contributed by atoms with Crippen molar-refractivity contribution in [2.75, 3.05) is 7.11 Å². The van der Waals surface area contributed by atoms with Gasteiger partial charge in [-0.05, 0) is 5.30 Å². The first-order chi connectivity index (χ1) is 5.17. The molecule has 0 N–H and O–H groups in total. The quantitative estimate of drug-likeness (QED) is 0.417. The molecule has 1 aromatic rings. The molecule has 0 aliphatic rings. The molecule has 5 heteroatoms. The smallest absolute Gasteiger partial charge is 0.797 e. The largest absolute Gasteiger partial charge is 1.00 e. The third kappa shape index (κ3) is 3.66. The molecular weight excluding hydrogens is 218 g/mol. The van der Waals surface area contributed by atoms with Crippen LogP contribution in [0, 0.1) is 0 Å². The van der Waals surface area contributed by atoms with Crippen LogP contribution in [0.25, 0.3) is 0 Å². The first kappa shape index (κ1) is 13.4. The van der Waals surface area contributed by atoms with Crippen LogP contribution in [-0.4, -0.2) is 7.11 Å². The van der Waals surface area contributed by atoms with Gasteiger partial charge >= 0.3 is 51.4 Å². The fourth-order valence-electron chi connectivity index (χ4n) is 0.716. The Bertz CT molecular complexity index is 278. The molecule has 0 amide bonds. The monoisotopic (exact) mass is 226 g/mol. The zero-order chi connectivity index (χ0) is 8.32. The minimum absolute atomic E-state index is 0. The molecule has 0 aliphatic heterocycles. The molecule has 60 valence electrons. The van der Waals surface area contributed by atoms with Gasteiger partial charge in [-0.2, -0.15) is 0 Å². The summed E-state index contributed by atoms with van der Waals surface area (Å²) in [6, 6.07) is 8.82. The summed E-state index contributed by atoms with van der Waals surface area (Å²) in [5, 5.41) is 0.581. The van der Waals surface area contributed by atoms with Gasteiger partial charge in [0.15, 0.2) is 0 Å². The minimum atomic E-state index is -2.94. The Morgan fingerprint density at radius 1 is 1.33 bits per heavy atom. The van der Waals surface area contributed by atoms with E-state index in [2.05, 4.69) is 0 Å². The van der Waals surface area contributed by atoms with Crippen LogP contribution < -0.4 is 61.6 Å². The average Bonchev–Trinajstić information content (AvgIpc) is 2.06. The van der Waals surface area contributed by atoms with Gasteiger partial charge in [-0.15, -0.1) is 0 Å². The van der Waals surface area contributed by atoms with Gasteiger partial charge in [0.25, 0.3) is 0 Å². The SMILES string of the molecule is COP([O-])(=S)c1ccccc1.[K+]. The van der Waals surface area contributed by atoms with E-state index in [4.69, 9.17) is 16.3 Å². The van der Waals surface area contributed by atoms with Crippen molar-refractivity contribution >= 4 is 23.6 Å². The number of benzene rings is 1. The second-order valence-electron chi connectivity index (χ2n) is 2.02. The number of hydrogen-bond acceptors (Lipinski definition) is 3. The Morgan fingerprint density at radius 3 is 2.25 bits per heavy atom. The van der Waals surface area contributed by atoms with E-state index in [-0.39, 0.29) is 51.4 Å². The fourth-order valence-corrected chi connectivity index (χ4v) is 1.83. The van der Waals surface area contributed by atoms with Gasteiger partial charge in [0, 0.05) is 13.6 Å². The maximum atomic E-state index is 11.4. The van der Waals surface area contributed by atoms with Crippen LogP contribution in [0.3, 0.4) is 0 Å². The normalized spacial score (nSPS) is 14.5. The van der Waals surface area contributed by atoms with E-state index in [1.165, 1.54) is 7.11 Å². The van der Waals surface area contributed by atoms with Crippen LogP contribution in [0.2, 0.25) is 0 Å². The molecule has 0 saturated heterocycles. The molecule has 0 fully saturated rings. The Kier molecular flexibility index (Phi) is 6.73. The predicted octanol–water partition coefficient (Wildman–Crippen LogP) is -2.37. The topological polar surface area (TPSA) is 32.3 Å². The second-order valence-corrected chi connectivity index (χ2v) is 5.33. The van der Waals surface area contributed by atoms with Crippen LogP contribution >= 0.6 is 6.49 Å². The maximum absolute atomic E-state index is 11.4. The molecule has 1 unspecified atom stereocenters. The molecule has 1 rings (SSSR count). The maximum Gasteiger partial charge on any atom is 1.00 e. The van der Waals surface area contributed by atoms with E-state index in [9.17, 15) is 4.89 Å². The Balaban J connectivity index is 0.00000121. The molecule has 0 radical (unpaired) electrons. The van der Waals surface area contributed by atoms with E-state index < -0.39 is 6.49 Å². The molecule has 2 nitrogen and oxygen atoms in total. The summed E-state index contributed by atoms with van der Waals surface area (Å²) >= 11 is 4.74. The van der Waals surface area contributed by atoms with Crippen molar-refractivity contribution in [2.45, 2.75) is 0 Å². The van der Waals surface area contributed by atoms with Crippen molar-refractivity contribution in [2.24, 2.45) is 0 Å². The molecule has 0 bridgehead atoms. The van der Waals surface area contributed by atoms with Gasteiger partial charge in [0.05, 0.1) is 0 Å². The second kappa shape index (κ2) is 6.01. The van der Waals surface area contributed by atoms with E-state index in [0.29, 0.717) is 5.30 Å². The summed E-state index contributed by atoms with van der Waals surface area (Å²) in [5.74, 6) is 0. The standard InChI is InChI=1S/C7H9O2PS.K/c1-9-10(8,11)7-5-3-2-4-6-7;/h2-6H,1H3,(H,8,11);/q;+1/p-1. The minimum Gasteiger partial charge on any atom is -0.797 e. The Labute approximate surface area is 120 Å². The van der Waals surface area contributed by atoms with Crippen molar-refractivity contribution in [3.05, 3.63) is 30.3 Å². The Hall–Kier alpha value is 1.43. The van der Waals surface area contributed by atoms with Gasteiger partial charge in [-0.25, -0.2) is 0 Å². The summed E-state index contributed by atoms with van der Waals surface area (Å²) in [4.78, 5) is 11.4. The van der Waals surface area contributed by atoms with Gasteiger partial charge in [-0.3, -0.25) is 0 Å². The van der Waals surface area contributed by atoms with E-state index in [1.54, 1.807) is 24.3 Å². The predicted molar refractivity (Wildman–Crippen MR) is 47.4 cm³/mol. The first-order valence-corrected chi connectivity index (χ1v) is 5.73. The molecule has 1 aromatic carbocycles. The summed E-state index contributed by atoms with van der Waals surface area (Å²) < 4.78 is 4.69. The van der Waals surface area contributed by atoms with E-state index >= 15 is 0 Å². The summed E-state index contributed by atoms with van der Waals surface area (Å²) in [5.41, 5.74) is 0. The summed E-state index contributed by atoms with van der Waals surface area (Å²) in [7, 11) is 1.36. The van der Waals surface area contributed by atoms with Gasteiger partial charge in [0.2, 0.25) is 0 Å². The van der Waals surface area contributed by atoms with Crippen LogP contribution in [0.15, 0.2) is 30.3 Å². The van der Waals surface area contributed by atoms with Crippen molar-refractivity contribution in [1.82, 2.24) is 0 Å². The van der Waals surface area contributed by atoms with Gasteiger partial charge < -0.3 is 9.42 Å². The Morgan fingerprint density at radius 2 is 1.83 bits per heavy atom. The van der Waals surface area contributed by atoms with Crippen molar-refractivity contribution in [3.8, 4) is 0 Å². The first-order valence-electron chi connectivity index (χ1n) is 3.09.